The molecule has 2 N–H and O–H groups in total. The lowest BCUT2D eigenvalue weighted by molar-refractivity contribution is -0.123. The molecule has 0 bridgehead atoms. The monoisotopic (exact) mass is 450 g/mol. The average molecular weight is 451 g/mol. The van der Waals surface area contributed by atoms with Crippen LogP contribution in [0, 0.1) is 0 Å². The first-order valence-corrected chi connectivity index (χ1v) is 11.5. The third-order valence-corrected chi connectivity index (χ3v) is 6.09. The maximum atomic E-state index is 12.3. The topological polar surface area (TPSA) is 103 Å². The van der Waals surface area contributed by atoms with E-state index in [0.717, 1.165) is 18.4 Å². The number of ether oxygens (including phenoxy) is 3. The highest BCUT2D eigenvalue weighted by molar-refractivity contribution is 7.89. The third-order valence-electron chi connectivity index (χ3n) is 4.61. The smallest absolute Gasteiger partial charge is 0.258 e. The second-order valence-electron chi connectivity index (χ2n) is 6.92. The zero-order valence-corrected chi connectivity index (χ0v) is 19.1. The molecule has 0 fully saturated rings. The number of sulfonamides is 1. The molecule has 0 saturated heterocycles. The molecular weight excluding hydrogens is 420 g/mol. The van der Waals surface area contributed by atoms with E-state index >= 15 is 0 Å². The Balaban J connectivity index is 1.89. The van der Waals surface area contributed by atoms with Crippen molar-refractivity contribution in [1.82, 2.24) is 10.0 Å². The Morgan fingerprint density at radius 1 is 1.03 bits per heavy atom. The molecule has 9 heteroatoms. The van der Waals surface area contributed by atoms with Crippen molar-refractivity contribution in [3.63, 3.8) is 0 Å². The standard InChI is InChI=1S/C22H30N2O6S/c1-5-6-13-23-31(26,27)19-10-8-18(9-11-19)30-15-22(25)24-16(2)17-7-12-20(28-3)21(14-17)29-4/h7-12,14,16,23H,5-6,13,15H2,1-4H3,(H,24,25)/t16-/m0/s1. The number of carbonyl (C=O) groups is 1. The van der Waals surface area contributed by atoms with Gasteiger partial charge in [0.05, 0.1) is 25.2 Å². The molecule has 0 aliphatic heterocycles. The van der Waals surface area contributed by atoms with Gasteiger partial charge in [-0.3, -0.25) is 4.79 Å². The number of benzene rings is 2. The lowest BCUT2D eigenvalue weighted by Gasteiger charge is -2.17. The fraction of sp³-hybridized carbons (Fsp3) is 0.409. The number of nitrogens with one attached hydrogen (secondary N) is 2. The van der Waals surface area contributed by atoms with Crippen molar-refractivity contribution >= 4 is 15.9 Å². The van der Waals surface area contributed by atoms with E-state index in [1.54, 1.807) is 26.4 Å². The SMILES string of the molecule is CCCCNS(=O)(=O)c1ccc(OCC(=O)N[C@@H](C)c2ccc(OC)c(OC)c2)cc1. The minimum absolute atomic E-state index is 0.155. The molecule has 0 saturated carbocycles. The number of methoxy groups -OCH3 is 2. The lowest BCUT2D eigenvalue weighted by atomic mass is 10.1. The van der Waals surface area contributed by atoms with Crippen molar-refractivity contribution in [2.24, 2.45) is 0 Å². The van der Waals surface area contributed by atoms with Crippen LogP contribution in [0.5, 0.6) is 17.2 Å². The molecule has 2 aromatic rings. The Morgan fingerprint density at radius 3 is 2.32 bits per heavy atom. The van der Waals surface area contributed by atoms with Gasteiger partial charge in [0.2, 0.25) is 10.0 Å². The Hall–Kier alpha value is -2.78. The first-order valence-electron chi connectivity index (χ1n) is 10.0. The van der Waals surface area contributed by atoms with E-state index in [0.29, 0.717) is 23.8 Å². The predicted octanol–water partition coefficient (Wildman–Crippen LogP) is 3.04. The van der Waals surface area contributed by atoms with Crippen LogP contribution in [0.2, 0.25) is 0 Å². The van der Waals surface area contributed by atoms with E-state index in [1.165, 1.54) is 24.3 Å². The average Bonchev–Trinajstić information content (AvgIpc) is 2.77. The minimum atomic E-state index is -3.54. The predicted molar refractivity (Wildman–Crippen MR) is 118 cm³/mol. The van der Waals surface area contributed by atoms with Crippen LogP contribution in [0.4, 0.5) is 0 Å². The van der Waals surface area contributed by atoms with E-state index in [9.17, 15) is 13.2 Å². The molecule has 2 aromatic carbocycles. The van der Waals surface area contributed by atoms with Crippen molar-refractivity contribution < 1.29 is 27.4 Å². The highest BCUT2D eigenvalue weighted by Crippen LogP contribution is 2.29. The summed E-state index contributed by atoms with van der Waals surface area (Å²) >= 11 is 0. The Bertz CT molecular complexity index is 960. The van der Waals surface area contributed by atoms with Gasteiger partial charge < -0.3 is 19.5 Å². The first-order chi connectivity index (χ1) is 14.8. The normalized spacial score (nSPS) is 12.1. The molecule has 0 spiro atoms. The van der Waals surface area contributed by atoms with Gasteiger partial charge in [0.15, 0.2) is 18.1 Å². The van der Waals surface area contributed by atoms with Crippen LogP contribution >= 0.6 is 0 Å². The zero-order chi connectivity index (χ0) is 22.9. The quantitative estimate of drug-likeness (QED) is 0.482. The summed E-state index contributed by atoms with van der Waals surface area (Å²) in [5.74, 6) is 1.29. The van der Waals surface area contributed by atoms with Crippen molar-refractivity contribution in [3.8, 4) is 17.2 Å². The largest absolute Gasteiger partial charge is 0.493 e. The molecule has 31 heavy (non-hydrogen) atoms. The summed E-state index contributed by atoms with van der Waals surface area (Å²) in [6.07, 6.45) is 1.68. The summed E-state index contributed by atoms with van der Waals surface area (Å²) in [5, 5.41) is 2.85. The maximum Gasteiger partial charge on any atom is 0.258 e. The molecule has 0 aliphatic carbocycles. The number of amides is 1. The number of hydrogen-bond donors (Lipinski definition) is 2. The molecule has 0 radical (unpaired) electrons. The molecule has 0 aliphatic rings. The number of hydrogen-bond acceptors (Lipinski definition) is 6. The lowest BCUT2D eigenvalue weighted by Crippen LogP contribution is -2.31. The van der Waals surface area contributed by atoms with Gasteiger partial charge in [-0.25, -0.2) is 13.1 Å². The third kappa shape index (κ3) is 7.15. The fourth-order valence-corrected chi connectivity index (χ4v) is 3.89. The van der Waals surface area contributed by atoms with Crippen LogP contribution in [-0.2, 0) is 14.8 Å². The van der Waals surface area contributed by atoms with E-state index in [-0.39, 0.29) is 23.5 Å². The van der Waals surface area contributed by atoms with Crippen molar-refractivity contribution in [2.45, 2.75) is 37.6 Å². The van der Waals surface area contributed by atoms with E-state index in [4.69, 9.17) is 14.2 Å². The van der Waals surface area contributed by atoms with Crippen molar-refractivity contribution in [3.05, 3.63) is 48.0 Å². The van der Waals surface area contributed by atoms with Crippen LogP contribution in [-0.4, -0.2) is 41.7 Å². The summed E-state index contributed by atoms with van der Waals surface area (Å²) in [4.78, 5) is 12.4. The van der Waals surface area contributed by atoms with Crippen LogP contribution in [0.1, 0.15) is 38.3 Å². The van der Waals surface area contributed by atoms with E-state index in [1.807, 2.05) is 19.9 Å². The minimum Gasteiger partial charge on any atom is -0.493 e. The Kier molecular flexibility index (Phi) is 9.14. The number of rotatable bonds is 12. The van der Waals surface area contributed by atoms with Gasteiger partial charge in [0.1, 0.15) is 5.75 Å². The molecule has 170 valence electrons. The Morgan fingerprint density at radius 2 is 1.71 bits per heavy atom. The molecule has 8 nitrogen and oxygen atoms in total. The van der Waals surface area contributed by atoms with Gasteiger partial charge in [-0.1, -0.05) is 19.4 Å². The molecule has 1 atom stereocenters. The number of unbranched alkanes of at least 4 members (excludes halogenated alkanes) is 1. The molecule has 0 unspecified atom stereocenters. The highest BCUT2D eigenvalue weighted by Gasteiger charge is 2.15. The van der Waals surface area contributed by atoms with Crippen LogP contribution < -0.4 is 24.2 Å². The van der Waals surface area contributed by atoms with Gasteiger partial charge >= 0.3 is 0 Å². The van der Waals surface area contributed by atoms with Gasteiger partial charge in [0.25, 0.3) is 5.91 Å². The molecular formula is C22H30N2O6S. The highest BCUT2D eigenvalue weighted by atomic mass is 32.2. The molecule has 0 heterocycles. The zero-order valence-electron chi connectivity index (χ0n) is 18.3. The number of carbonyl (C=O) groups excluding carboxylic acids is 1. The summed E-state index contributed by atoms with van der Waals surface area (Å²) in [5.41, 5.74) is 0.858. The fourth-order valence-electron chi connectivity index (χ4n) is 2.82. The molecule has 1 amide bonds. The van der Waals surface area contributed by atoms with Gasteiger partial charge in [-0.2, -0.15) is 0 Å². The van der Waals surface area contributed by atoms with Crippen LogP contribution in [0.3, 0.4) is 0 Å². The second kappa shape index (κ2) is 11.6. The maximum absolute atomic E-state index is 12.3. The van der Waals surface area contributed by atoms with Crippen molar-refractivity contribution in [1.29, 1.82) is 0 Å². The van der Waals surface area contributed by atoms with Gasteiger partial charge in [0, 0.05) is 6.54 Å². The second-order valence-corrected chi connectivity index (χ2v) is 8.68. The van der Waals surface area contributed by atoms with Gasteiger partial charge in [-0.15, -0.1) is 0 Å². The summed E-state index contributed by atoms with van der Waals surface area (Å²) in [6.45, 7) is 4.05. The first kappa shape index (κ1) is 24.5. The summed E-state index contributed by atoms with van der Waals surface area (Å²) < 4.78 is 42.9. The Labute approximate surface area is 184 Å². The van der Waals surface area contributed by atoms with Crippen LogP contribution in [0.25, 0.3) is 0 Å². The van der Waals surface area contributed by atoms with Crippen molar-refractivity contribution in [2.75, 3.05) is 27.4 Å². The van der Waals surface area contributed by atoms with Gasteiger partial charge in [-0.05, 0) is 55.3 Å². The summed E-state index contributed by atoms with van der Waals surface area (Å²) in [6, 6.07) is 11.1. The summed E-state index contributed by atoms with van der Waals surface area (Å²) in [7, 11) is -0.429. The van der Waals surface area contributed by atoms with E-state index in [2.05, 4.69) is 10.0 Å². The molecule has 2 rings (SSSR count). The van der Waals surface area contributed by atoms with Crippen LogP contribution in [0.15, 0.2) is 47.4 Å². The molecule has 0 aromatic heterocycles. The van der Waals surface area contributed by atoms with E-state index < -0.39 is 10.0 Å².